The van der Waals surface area contributed by atoms with Gasteiger partial charge in [0.1, 0.15) is 11.6 Å². The third-order valence-electron chi connectivity index (χ3n) is 5.68. The number of amides is 1. The fourth-order valence-corrected chi connectivity index (χ4v) is 4.04. The SMILES string of the molecule is O=C(NC[C@H](c1ccco1)N1CCCCC1)c1ccccc1C(=O)c1ccc(F)cc1. The minimum atomic E-state index is -0.413. The second-order valence-electron chi connectivity index (χ2n) is 7.72. The van der Waals surface area contributed by atoms with E-state index in [1.165, 1.54) is 30.7 Å². The first-order chi connectivity index (χ1) is 15.1. The lowest BCUT2D eigenvalue weighted by Crippen LogP contribution is -2.40. The number of benzene rings is 2. The highest BCUT2D eigenvalue weighted by molar-refractivity contribution is 6.15. The van der Waals surface area contributed by atoms with E-state index in [4.69, 9.17) is 4.42 Å². The van der Waals surface area contributed by atoms with Gasteiger partial charge in [0.15, 0.2) is 5.78 Å². The second kappa shape index (κ2) is 9.71. The first-order valence-electron chi connectivity index (χ1n) is 10.6. The van der Waals surface area contributed by atoms with Gasteiger partial charge in [-0.05, 0) is 68.4 Å². The minimum Gasteiger partial charge on any atom is -0.468 e. The molecule has 1 atom stereocenters. The van der Waals surface area contributed by atoms with Crippen LogP contribution in [-0.4, -0.2) is 36.2 Å². The van der Waals surface area contributed by atoms with E-state index in [0.29, 0.717) is 23.2 Å². The summed E-state index contributed by atoms with van der Waals surface area (Å²) in [6.45, 7) is 2.30. The average Bonchev–Trinajstić information content (AvgIpc) is 3.34. The Morgan fingerprint density at radius 3 is 2.32 bits per heavy atom. The smallest absolute Gasteiger partial charge is 0.252 e. The molecule has 2 aromatic carbocycles. The number of furan rings is 1. The van der Waals surface area contributed by atoms with Crippen LogP contribution in [0.2, 0.25) is 0 Å². The largest absolute Gasteiger partial charge is 0.468 e. The van der Waals surface area contributed by atoms with E-state index in [0.717, 1.165) is 31.7 Å². The molecule has 2 heterocycles. The molecule has 1 amide bonds. The Kier molecular flexibility index (Phi) is 6.57. The number of carbonyl (C=O) groups excluding carboxylic acids is 2. The molecule has 1 N–H and O–H groups in total. The van der Waals surface area contributed by atoms with Crippen LogP contribution in [0, 0.1) is 5.82 Å². The van der Waals surface area contributed by atoms with Gasteiger partial charge < -0.3 is 9.73 Å². The fraction of sp³-hybridized carbons (Fsp3) is 0.280. The van der Waals surface area contributed by atoms with Gasteiger partial charge in [0.2, 0.25) is 0 Å². The van der Waals surface area contributed by atoms with Crippen molar-refractivity contribution in [1.29, 1.82) is 0 Å². The molecule has 31 heavy (non-hydrogen) atoms. The molecule has 1 fully saturated rings. The summed E-state index contributed by atoms with van der Waals surface area (Å²) in [7, 11) is 0. The molecule has 0 bridgehead atoms. The molecule has 1 aliphatic heterocycles. The second-order valence-corrected chi connectivity index (χ2v) is 7.72. The van der Waals surface area contributed by atoms with Crippen molar-refractivity contribution in [3.63, 3.8) is 0 Å². The van der Waals surface area contributed by atoms with Gasteiger partial charge in [-0.1, -0.05) is 24.6 Å². The Balaban J connectivity index is 1.51. The van der Waals surface area contributed by atoms with Gasteiger partial charge in [-0.2, -0.15) is 0 Å². The predicted molar refractivity (Wildman–Crippen MR) is 115 cm³/mol. The van der Waals surface area contributed by atoms with E-state index in [9.17, 15) is 14.0 Å². The molecule has 1 aromatic heterocycles. The summed E-state index contributed by atoms with van der Waals surface area (Å²) >= 11 is 0. The minimum absolute atomic E-state index is 0.0563. The van der Waals surface area contributed by atoms with Gasteiger partial charge in [-0.25, -0.2) is 4.39 Å². The van der Waals surface area contributed by atoms with E-state index in [2.05, 4.69) is 10.2 Å². The molecule has 1 aliphatic rings. The molecular formula is C25H25FN2O3. The summed E-state index contributed by atoms with van der Waals surface area (Å²) in [6.07, 6.45) is 5.11. The van der Waals surface area contributed by atoms with Gasteiger partial charge in [0, 0.05) is 17.7 Å². The predicted octanol–water partition coefficient (Wildman–Crippen LogP) is 4.61. The van der Waals surface area contributed by atoms with Crippen LogP contribution in [0.4, 0.5) is 4.39 Å². The molecule has 160 valence electrons. The summed E-state index contributed by atoms with van der Waals surface area (Å²) in [6, 6.07) is 15.7. The van der Waals surface area contributed by atoms with Crippen LogP contribution >= 0.6 is 0 Å². The standard InChI is InChI=1S/C25H25FN2O3/c26-19-12-10-18(11-13-19)24(29)20-7-2-3-8-21(20)25(30)27-17-22(23-9-6-16-31-23)28-14-4-1-5-15-28/h2-3,6-13,16,22H,1,4-5,14-15,17H2,(H,27,30)/t22-/m1/s1. The molecule has 0 aliphatic carbocycles. The molecule has 0 saturated carbocycles. The van der Waals surface area contributed by atoms with Crippen LogP contribution in [0.3, 0.4) is 0 Å². The Bertz CT molecular complexity index is 1030. The number of likely N-dealkylation sites (tertiary alicyclic amines) is 1. The van der Waals surface area contributed by atoms with Gasteiger partial charge in [0.05, 0.1) is 17.9 Å². The number of hydrogen-bond acceptors (Lipinski definition) is 4. The maximum Gasteiger partial charge on any atom is 0.252 e. The molecule has 1 saturated heterocycles. The summed E-state index contributed by atoms with van der Waals surface area (Å²) in [5, 5.41) is 2.99. The van der Waals surface area contributed by atoms with Crippen molar-refractivity contribution in [2.75, 3.05) is 19.6 Å². The quantitative estimate of drug-likeness (QED) is 0.567. The average molecular weight is 420 g/mol. The number of ketones is 1. The molecule has 0 unspecified atom stereocenters. The zero-order valence-corrected chi connectivity index (χ0v) is 17.2. The molecule has 6 heteroatoms. The Morgan fingerprint density at radius 1 is 0.935 bits per heavy atom. The normalized spacial score (nSPS) is 15.4. The maximum absolute atomic E-state index is 13.2. The zero-order chi connectivity index (χ0) is 21.6. The zero-order valence-electron chi connectivity index (χ0n) is 17.2. The van der Waals surface area contributed by atoms with Crippen molar-refractivity contribution in [3.05, 3.63) is 95.2 Å². The first kappa shape index (κ1) is 21.0. The monoisotopic (exact) mass is 420 g/mol. The molecule has 0 spiro atoms. The van der Waals surface area contributed by atoms with Crippen molar-refractivity contribution in [2.45, 2.75) is 25.3 Å². The third kappa shape index (κ3) is 4.91. The summed E-state index contributed by atoms with van der Waals surface area (Å²) in [5.74, 6) is -0.230. The molecule has 0 radical (unpaired) electrons. The van der Waals surface area contributed by atoms with Gasteiger partial charge in [0.25, 0.3) is 5.91 Å². The highest BCUT2D eigenvalue weighted by atomic mass is 19.1. The van der Waals surface area contributed by atoms with Crippen LogP contribution in [0.5, 0.6) is 0 Å². The van der Waals surface area contributed by atoms with E-state index in [1.54, 1.807) is 30.5 Å². The summed E-state index contributed by atoms with van der Waals surface area (Å²) in [5.41, 5.74) is 0.927. The Morgan fingerprint density at radius 2 is 1.65 bits per heavy atom. The topological polar surface area (TPSA) is 62.6 Å². The summed E-state index contributed by atoms with van der Waals surface area (Å²) < 4.78 is 18.9. The number of piperidine rings is 1. The Hall–Kier alpha value is -3.25. The maximum atomic E-state index is 13.2. The van der Waals surface area contributed by atoms with E-state index >= 15 is 0 Å². The fourth-order valence-electron chi connectivity index (χ4n) is 4.04. The summed E-state index contributed by atoms with van der Waals surface area (Å²) in [4.78, 5) is 28.3. The van der Waals surface area contributed by atoms with Crippen molar-refractivity contribution in [3.8, 4) is 0 Å². The number of carbonyl (C=O) groups is 2. The molecule has 4 rings (SSSR count). The highest BCUT2D eigenvalue weighted by Crippen LogP contribution is 2.25. The lowest BCUT2D eigenvalue weighted by molar-refractivity contribution is 0.0906. The lowest BCUT2D eigenvalue weighted by atomic mass is 9.97. The van der Waals surface area contributed by atoms with Crippen LogP contribution < -0.4 is 5.32 Å². The third-order valence-corrected chi connectivity index (χ3v) is 5.68. The highest BCUT2D eigenvalue weighted by Gasteiger charge is 2.26. The van der Waals surface area contributed by atoms with E-state index < -0.39 is 5.82 Å². The molecule has 5 nitrogen and oxygen atoms in total. The lowest BCUT2D eigenvalue weighted by Gasteiger charge is -2.33. The van der Waals surface area contributed by atoms with Crippen LogP contribution in [0.25, 0.3) is 0 Å². The van der Waals surface area contributed by atoms with Crippen LogP contribution in [0.1, 0.15) is 57.3 Å². The number of hydrogen-bond donors (Lipinski definition) is 1. The van der Waals surface area contributed by atoms with Crippen molar-refractivity contribution < 1.29 is 18.4 Å². The van der Waals surface area contributed by atoms with Crippen molar-refractivity contribution in [1.82, 2.24) is 10.2 Å². The van der Waals surface area contributed by atoms with Crippen LogP contribution in [-0.2, 0) is 0 Å². The molecule has 3 aromatic rings. The van der Waals surface area contributed by atoms with Gasteiger partial charge in [-0.3, -0.25) is 14.5 Å². The van der Waals surface area contributed by atoms with Gasteiger partial charge >= 0.3 is 0 Å². The van der Waals surface area contributed by atoms with Gasteiger partial charge in [-0.15, -0.1) is 0 Å². The van der Waals surface area contributed by atoms with E-state index in [1.807, 2.05) is 12.1 Å². The number of halogens is 1. The molecular weight excluding hydrogens is 395 g/mol. The number of nitrogens with zero attached hydrogens (tertiary/aromatic N) is 1. The van der Waals surface area contributed by atoms with Crippen LogP contribution in [0.15, 0.2) is 71.3 Å². The number of rotatable bonds is 7. The van der Waals surface area contributed by atoms with Crippen molar-refractivity contribution in [2.24, 2.45) is 0 Å². The van der Waals surface area contributed by atoms with Crippen molar-refractivity contribution >= 4 is 11.7 Å². The van der Waals surface area contributed by atoms with E-state index in [-0.39, 0.29) is 17.7 Å². The first-order valence-corrected chi connectivity index (χ1v) is 10.6. The number of nitrogens with one attached hydrogen (secondary N) is 1. The Labute approximate surface area is 180 Å².